The fraction of sp³-hybridized carbons (Fsp3) is 0.0526. The smallest absolute Gasteiger partial charge is 0.307 e. The Bertz CT molecular complexity index is 841. The molecule has 0 unspecified atom stereocenters. The number of nitrogens with one attached hydrogen (secondary N) is 1. The molecule has 0 saturated carbocycles. The molecule has 0 bridgehead atoms. The van der Waals surface area contributed by atoms with Crippen molar-refractivity contribution in [3.8, 4) is 5.75 Å². The Morgan fingerprint density at radius 3 is 2.56 bits per heavy atom. The number of carbonyl (C=O) groups is 1. The average Bonchev–Trinajstić information content (AvgIpc) is 3.17. The van der Waals surface area contributed by atoms with Crippen LogP contribution in [0, 0.1) is 0 Å². The predicted molar refractivity (Wildman–Crippen MR) is 96.0 cm³/mol. The highest BCUT2D eigenvalue weighted by molar-refractivity contribution is 6.30. The molecule has 5 nitrogen and oxygen atoms in total. The second-order valence-corrected chi connectivity index (χ2v) is 5.60. The molecule has 0 fully saturated rings. The summed E-state index contributed by atoms with van der Waals surface area (Å²) in [5.41, 5.74) is 4.26. The van der Waals surface area contributed by atoms with Crippen LogP contribution in [0.3, 0.4) is 0 Å². The number of hydrogen-bond acceptors (Lipinski definition) is 4. The lowest BCUT2D eigenvalue weighted by atomic mass is 10.2. The topological polar surface area (TPSA) is 63.8 Å². The van der Waals surface area contributed by atoms with Crippen LogP contribution >= 0.6 is 11.6 Å². The molecule has 0 saturated heterocycles. The molecule has 1 amide bonds. The summed E-state index contributed by atoms with van der Waals surface area (Å²) in [4.78, 5) is 11.6. The third kappa shape index (κ3) is 4.96. The Hall–Kier alpha value is -3.05. The van der Waals surface area contributed by atoms with E-state index in [0.717, 1.165) is 16.9 Å². The van der Waals surface area contributed by atoms with Crippen LogP contribution in [0.25, 0.3) is 0 Å². The molecule has 0 aliphatic heterocycles. The fourth-order valence-electron chi connectivity index (χ4n) is 2.03. The summed E-state index contributed by atoms with van der Waals surface area (Å²) in [5, 5.41) is 4.59. The van der Waals surface area contributed by atoms with Gasteiger partial charge in [0.2, 0.25) is 0 Å². The van der Waals surface area contributed by atoms with Crippen LogP contribution in [0.1, 0.15) is 21.7 Å². The van der Waals surface area contributed by atoms with E-state index >= 15 is 0 Å². The van der Waals surface area contributed by atoms with Crippen molar-refractivity contribution in [3.63, 3.8) is 0 Å². The van der Waals surface area contributed by atoms with Crippen LogP contribution in [0.2, 0.25) is 5.02 Å². The van der Waals surface area contributed by atoms with Gasteiger partial charge in [-0.2, -0.15) is 5.10 Å². The van der Waals surface area contributed by atoms with Crippen LogP contribution in [0.4, 0.5) is 0 Å². The predicted octanol–water partition coefficient (Wildman–Crippen LogP) is 4.28. The van der Waals surface area contributed by atoms with E-state index < -0.39 is 5.91 Å². The molecule has 126 valence electrons. The molecule has 25 heavy (non-hydrogen) atoms. The van der Waals surface area contributed by atoms with Crippen molar-refractivity contribution in [2.24, 2.45) is 5.10 Å². The zero-order chi connectivity index (χ0) is 17.5. The Morgan fingerprint density at radius 1 is 1.12 bits per heavy atom. The van der Waals surface area contributed by atoms with Gasteiger partial charge in [0.15, 0.2) is 5.76 Å². The van der Waals surface area contributed by atoms with Gasteiger partial charge >= 0.3 is 5.91 Å². The largest absolute Gasteiger partial charge is 0.489 e. The van der Waals surface area contributed by atoms with E-state index in [0.29, 0.717) is 11.6 Å². The molecule has 1 heterocycles. The van der Waals surface area contributed by atoms with Crippen molar-refractivity contribution >= 4 is 23.7 Å². The van der Waals surface area contributed by atoms with E-state index in [1.54, 1.807) is 18.3 Å². The molecule has 3 aromatic rings. The van der Waals surface area contributed by atoms with Gasteiger partial charge in [0.05, 0.1) is 12.5 Å². The SMILES string of the molecule is O=C(N/N=C\c1ccc(OCc2ccc(Cl)cc2)cc1)c1ccco1. The van der Waals surface area contributed by atoms with Gasteiger partial charge in [0.1, 0.15) is 12.4 Å². The number of benzene rings is 2. The second kappa shape index (κ2) is 8.17. The maximum absolute atomic E-state index is 11.6. The van der Waals surface area contributed by atoms with E-state index in [-0.39, 0.29) is 5.76 Å². The highest BCUT2D eigenvalue weighted by Crippen LogP contribution is 2.15. The van der Waals surface area contributed by atoms with Crippen LogP contribution in [0.15, 0.2) is 76.4 Å². The molecule has 2 aromatic carbocycles. The van der Waals surface area contributed by atoms with Gasteiger partial charge in [-0.25, -0.2) is 5.43 Å². The number of carbonyl (C=O) groups excluding carboxylic acids is 1. The molecule has 0 spiro atoms. The van der Waals surface area contributed by atoms with E-state index in [1.165, 1.54) is 6.26 Å². The number of rotatable bonds is 6. The maximum Gasteiger partial charge on any atom is 0.307 e. The summed E-state index contributed by atoms with van der Waals surface area (Å²) in [5.74, 6) is 0.555. The summed E-state index contributed by atoms with van der Waals surface area (Å²) in [6.07, 6.45) is 2.98. The molecule has 0 atom stereocenters. The molecule has 0 radical (unpaired) electrons. The second-order valence-electron chi connectivity index (χ2n) is 5.16. The third-order valence-electron chi connectivity index (χ3n) is 3.32. The Labute approximate surface area is 149 Å². The Balaban J connectivity index is 1.50. The number of hydrogen-bond donors (Lipinski definition) is 1. The van der Waals surface area contributed by atoms with Crippen LogP contribution in [0.5, 0.6) is 5.75 Å². The molecular weight excluding hydrogens is 340 g/mol. The molecule has 1 N–H and O–H groups in total. The summed E-state index contributed by atoms with van der Waals surface area (Å²) in [6, 6.07) is 18.1. The van der Waals surface area contributed by atoms with E-state index in [2.05, 4.69) is 10.5 Å². The quantitative estimate of drug-likeness (QED) is 0.531. The number of hydrazone groups is 1. The van der Waals surface area contributed by atoms with Crippen molar-refractivity contribution in [2.75, 3.05) is 0 Å². The molecule has 0 aliphatic carbocycles. The number of furan rings is 1. The molecule has 6 heteroatoms. The minimum absolute atomic E-state index is 0.211. The first-order chi connectivity index (χ1) is 12.2. The summed E-state index contributed by atoms with van der Waals surface area (Å²) in [7, 11) is 0. The van der Waals surface area contributed by atoms with Gasteiger partial charge in [-0.3, -0.25) is 4.79 Å². The zero-order valence-electron chi connectivity index (χ0n) is 13.2. The van der Waals surface area contributed by atoms with Crippen LogP contribution < -0.4 is 10.2 Å². The summed E-state index contributed by atoms with van der Waals surface area (Å²) < 4.78 is 10.7. The Morgan fingerprint density at radius 2 is 1.88 bits per heavy atom. The first-order valence-corrected chi connectivity index (χ1v) is 7.93. The monoisotopic (exact) mass is 354 g/mol. The minimum atomic E-state index is -0.399. The lowest BCUT2D eigenvalue weighted by Gasteiger charge is -2.06. The molecule has 3 rings (SSSR count). The first-order valence-electron chi connectivity index (χ1n) is 7.55. The normalized spacial score (nSPS) is 10.8. The van der Waals surface area contributed by atoms with E-state index in [9.17, 15) is 4.79 Å². The number of ether oxygens (including phenoxy) is 1. The lowest BCUT2D eigenvalue weighted by molar-refractivity contribution is 0.0927. The van der Waals surface area contributed by atoms with Crippen LogP contribution in [-0.4, -0.2) is 12.1 Å². The number of amides is 1. The first kappa shape index (κ1) is 16.8. The third-order valence-corrected chi connectivity index (χ3v) is 3.58. The summed E-state index contributed by atoms with van der Waals surface area (Å²) >= 11 is 5.85. The van der Waals surface area contributed by atoms with Crippen molar-refractivity contribution in [1.29, 1.82) is 0 Å². The van der Waals surface area contributed by atoms with Gasteiger partial charge < -0.3 is 9.15 Å². The zero-order valence-corrected chi connectivity index (χ0v) is 13.9. The van der Waals surface area contributed by atoms with E-state index in [4.69, 9.17) is 20.8 Å². The molecule has 0 aliphatic rings. The van der Waals surface area contributed by atoms with Crippen molar-refractivity contribution in [1.82, 2.24) is 5.43 Å². The van der Waals surface area contributed by atoms with E-state index in [1.807, 2.05) is 48.5 Å². The van der Waals surface area contributed by atoms with Gasteiger partial charge in [-0.1, -0.05) is 23.7 Å². The molecular formula is C19H15ClN2O3. The van der Waals surface area contributed by atoms with Crippen molar-refractivity contribution in [2.45, 2.75) is 6.61 Å². The van der Waals surface area contributed by atoms with Gasteiger partial charge in [0, 0.05) is 5.02 Å². The number of nitrogens with zero attached hydrogens (tertiary/aromatic N) is 1. The highest BCUT2D eigenvalue weighted by Gasteiger charge is 2.05. The van der Waals surface area contributed by atoms with Crippen molar-refractivity contribution < 1.29 is 13.9 Å². The van der Waals surface area contributed by atoms with Crippen molar-refractivity contribution in [3.05, 3.63) is 88.8 Å². The highest BCUT2D eigenvalue weighted by atomic mass is 35.5. The van der Waals surface area contributed by atoms with Gasteiger partial charge in [0.25, 0.3) is 0 Å². The van der Waals surface area contributed by atoms with Gasteiger partial charge in [-0.05, 0) is 59.7 Å². The summed E-state index contributed by atoms with van der Waals surface area (Å²) in [6.45, 7) is 0.462. The van der Waals surface area contributed by atoms with Gasteiger partial charge in [-0.15, -0.1) is 0 Å². The average molecular weight is 355 g/mol. The standard InChI is InChI=1S/C19H15ClN2O3/c20-16-7-3-15(4-8-16)13-25-17-9-5-14(6-10-17)12-21-22-19(23)18-2-1-11-24-18/h1-12H,13H2,(H,22,23)/b21-12-. The fourth-order valence-corrected chi connectivity index (χ4v) is 2.15. The Kier molecular flexibility index (Phi) is 5.49. The molecule has 1 aromatic heterocycles. The lowest BCUT2D eigenvalue weighted by Crippen LogP contribution is -2.16. The minimum Gasteiger partial charge on any atom is -0.489 e. The number of halogens is 1. The maximum atomic E-state index is 11.6. The van der Waals surface area contributed by atoms with Crippen LogP contribution in [-0.2, 0) is 6.61 Å².